The number of halogens is 4. The summed E-state index contributed by atoms with van der Waals surface area (Å²) in [5, 5.41) is 8.63. The standard InChI is InChI=1S/C9H6ClF3O/c10-6-5(11)3-4(7(12)8(6)13)9(14)1-2-9/h3,14H,1-2H2. The summed E-state index contributed by atoms with van der Waals surface area (Å²) in [5.74, 6) is -3.76. The molecule has 0 radical (unpaired) electrons. The molecule has 76 valence electrons. The largest absolute Gasteiger partial charge is 0.385 e. The lowest BCUT2D eigenvalue weighted by Gasteiger charge is -2.10. The summed E-state index contributed by atoms with van der Waals surface area (Å²) in [7, 11) is 0. The summed E-state index contributed by atoms with van der Waals surface area (Å²) >= 11 is 5.15. The molecule has 0 heterocycles. The third-order valence-corrected chi connectivity index (χ3v) is 2.67. The van der Waals surface area contributed by atoms with Gasteiger partial charge in [0.05, 0.1) is 5.60 Å². The number of benzene rings is 1. The molecule has 0 unspecified atom stereocenters. The van der Waals surface area contributed by atoms with E-state index in [1.165, 1.54) is 0 Å². The van der Waals surface area contributed by atoms with Crippen LogP contribution in [0.2, 0.25) is 5.02 Å². The predicted octanol–water partition coefficient (Wildman–Crippen LogP) is 2.74. The highest BCUT2D eigenvalue weighted by Gasteiger charge is 2.45. The average molecular weight is 223 g/mol. The highest BCUT2D eigenvalue weighted by molar-refractivity contribution is 6.30. The molecule has 1 saturated carbocycles. The van der Waals surface area contributed by atoms with E-state index >= 15 is 0 Å². The summed E-state index contributed by atoms with van der Waals surface area (Å²) in [6, 6.07) is 0.744. The van der Waals surface area contributed by atoms with Crippen LogP contribution in [-0.4, -0.2) is 5.11 Å². The Hall–Kier alpha value is -0.740. The van der Waals surface area contributed by atoms with Gasteiger partial charge in [0.1, 0.15) is 10.8 Å². The Balaban J connectivity index is 2.62. The maximum absolute atomic E-state index is 13.2. The molecule has 0 atom stereocenters. The van der Waals surface area contributed by atoms with Crippen LogP contribution in [0.1, 0.15) is 18.4 Å². The van der Waals surface area contributed by atoms with Gasteiger partial charge in [-0.25, -0.2) is 13.2 Å². The number of rotatable bonds is 1. The van der Waals surface area contributed by atoms with Crippen LogP contribution < -0.4 is 0 Å². The second-order valence-electron chi connectivity index (χ2n) is 3.38. The molecule has 1 N–H and O–H groups in total. The Morgan fingerprint density at radius 1 is 1.21 bits per heavy atom. The van der Waals surface area contributed by atoms with Crippen LogP contribution in [0.15, 0.2) is 6.07 Å². The molecule has 0 saturated heterocycles. The van der Waals surface area contributed by atoms with E-state index in [4.69, 9.17) is 11.6 Å². The van der Waals surface area contributed by atoms with Gasteiger partial charge in [0.25, 0.3) is 0 Å². The first-order chi connectivity index (χ1) is 6.46. The van der Waals surface area contributed by atoms with Crippen LogP contribution >= 0.6 is 11.6 Å². The zero-order chi connectivity index (χ0) is 10.5. The van der Waals surface area contributed by atoms with E-state index in [9.17, 15) is 18.3 Å². The molecule has 1 aromatic carbocycles. The molecule has 0 bridgehead atoms. The fourth-order valence-electron chi connectivity index (χ4n) is 1.30. The van der Waals surface area contributed by atoms with Gasteiger partial charge in [0, 0.05) is 5.56 Å². The summed E-state index contributed by atoms with van der Waals surface area (Å²) in [4.78, 5) is 0. The SMILES string of the molecule is OC1(c2cc(F)c(Cl)c(F)c2F)CC1. The minimum atomic E-state index is -1.44. The summed E-state index contributed by atoms with van der Waals surface area (Å²) in [5.41, 5.74) is -1.76. The molecule has 2 rings (SSSR count). The molecule has 14 heavy (non-hydrogen) atoms. The van der Waals surface area contributed by atoms with Crippen LogP contribution in [-0.2, 0) is 5.60 Å². The fourth-order valence-corrected chi connectivity index (χ4v) is 1.44. The molecule has 1 fully saturated rings. The van der Waals surface area contributed by atoms with Gasteiger partial charge in [-0.1, -0.05) is 11.6 Å². The van der Waals surface area contributed by atoms with Gasteiger partial charge in [-0.05, 0) is 18.9 Å². The number of aliphatic hydroxyl groups is 1. The smallest absolute Gasteiger partial charge is 0.180 e. The van der Waals surface area contributed by atoms with Crippen molar-refractivity contribution in [1.29, 1.82) is 0 Å². The van der Waals surface area contributed by atoms with Gasteiger partial charge in [-0.3, -0.25) is 0 Å². The molecule has 0 amide bonds. The van der Waals surface area contributed by atoms with Crippen molar-refractivity contribution in [2.24, 2.45) is 0 Å². The quantitative estimate of drug-likeness (QED) is 0.572. The lowest BCUT2D eigenvalue weighted by Crippen LogP contribution is -2.10. The second-order valence-corrected chi connectivity index (χ2v) is 3.76. The van der Waals surface area contributed by atoms with Crippen LogP contribution in [0, 0.1) is 17.5 Å². The van der Waals surface area contributed by atoms with E-state index in [1.807, 2.05) is 0 Å². The van der Waals surface area contributed by atoms with Crippen molar-refractivity contribution < 1.29 is 18.3 Å². The van der Waals surface area contributed by atoms with E-state index in [0.717, 1.165) is 6.07 Å². The summed E-state index contributed by atoms with van der Waals surface area (Å²) < 4.78 is 39.1. The second kappa shape index (κ2) is 2.87. The van der Waals surface area contributed by atoms with Crippen LogP contribution in [0.3, 0.4) is 0 Å². The Morgan fingerprint density at radius 3 is 2.29 bits per heavy atom. The Kier molecular flexibility index (Phi) is 2.01. The Morgan fingerprint density at radius 2 is 1.79 bits per heavy atom. The first kappa shape index (κ1) is 9.80. The van der Waals surface area contributed by atoms with Crippen molar-refractivity contribution >= 4 is 11.6 Å². The maximum Gasteiger partial charge on any atom is 0.180 e. The van der Waals surface area contributed by atoms with Crippen LogP contribution in [0.4, 0.5) is 13.2 Å². The van der Waals surface area contributed by atoms with Crippen molar-refractivity contribution in [3.8, 4) is 0 Å². The monoisotopic (exact) mass is 222 g/mol. The molecule has 0 aromatic heterocycles. The van der Waals surface area contributed by atoms with Gasteiger partial charge < -0.3 is 5.11 Å². The van der Waals surface area contributed by atoms with Gasteiger partial charge >= 0.3 is 0 Å². The lowest BCUT2D eigenvalue weighted by atomic mass is 10.1. The van der Waals surface area contributed by atoms with E-state index in [-0.39, 0.29) is 5.56 Å². The van der Waals surface area contributed by atoms with E-state index in [0.29, 0.717) is 12.8 Å². The number of hydrogen-bond acceptors (Lipinski definition) is 1. The van der Waals surface area contributed by atoms with Crippen molar-refractivity contribution in [2.75, 3.05) is 0 Å². The van der Waals surface area contributed by atoms with Crippen molar-refractivity contribution in [2.45, 2.75) is 18.4 Å². The molecule has 5 heteroatoms. The van der Waals surface area contributed by atoms with Gasteiger partial charge in [-0.15, -0.1) is 0 Å². The van der Waals surface area contributed by atoms with Gasteiger partial charge in [0.15, 0.2) is 11.6 Å². The first-order valence-corrected chi connectivity index (χ1v) is 4.39. The zero-order valence-electron chi connectivity index (χ0n) is 6.95. The molecule has 0 spiro atoms. The van der Waals surface area contributed by atoms with Crippen LogP contribution in [0.5, 0.6) is 0 Å². The zero-order valence-corrected chi connectivity index (χ0v) is 7.71. The summed E-state index contributed by atoms with van der Waals surface area (Å²) in [6.07, 6.45) is 0.620. The third-order valence-electron chi connectivity index (χ3n) is 2.33. The van der Waals surface area contributed by atoms with Crippen molar-refractivity contribution in [3.63, 3.8) is 0 Å². The summed E-state index contributed by atoms with van der Waals surface area (Å²) in [6.45, 7) is 0. The fraction of sp³-hybridized carbons (Fsp3) is 0.333. The van der Waals surface area contributed by atoms with Crippen molar-refractivity contribution in [3.05, 3.63) is 34.1 Å². The molecule has 1 aromatic rings. The molecule has 0 aliphatic heterocycles. The van der Waals surface area contributed by atoms with E-state index in [2.05, 4.69) is 0 Å². The van der Waals surface area contributed by atoms with Crippen molar-refractivity contribution in [1.82, 2.24) is 0 Å². The first-order valence-electron chi connectivity index (χ1n) is 4.01. The Labute approximate surface area is 83.1 Å². The minimum Gasteiger partial charge on any atom is -0.385 e. The lowest BCUT2D eigenvalue weighted by molar-refractivity contribution is 0.145. The van der Waals surface area contributed by atoms with Gasteiger partial charge in [-0.2, -0.15) is 0 Å². The number of hydrogen-bond donors (Lipinski definition) is 1. The third kappa shape index (κ3) is 1.29. The normalized spacial score (nSPS) is 18.4. The topological polar surface area (TPSA) is 20.2 Å². The van der Waals surface area contributed by atoms with Crippen LogP contribution in [0.25, 0.3) is 0 Å². The average Bonchev–Trinajstić information content (AvgIpc) is 2.87. The highest BCUT2D eigenvalue weighted by atomic mass is 35.5. The Bertz CT molecular complexity index is 402. The molecule has 1 aliphatic carbocycles. The van der Waals surface area contributed by atoms with E-state index < -0.39 is 28.1 Å². The molecule has 1 aliphatic rings. The highest BCUT2D eigenvalue weighted by Crippen LogP contribution is 2.47. The van der Waals surface area contributed by atoms with E-state index in [1.54, 1.807) is 0 Å². The minimum absolute atomic E-state index is 0.310. The molecular weight excluding hydrogens is 217 g/mol. The predicted molar refractivity (Wildman–Crippen MR) is 44.5 cm³/mol. The maximum atomic E-state index is 13.2. The molecular formula is C9H6ClF3O. The molecule has 1 nitrogen and oxygen atoms in total. The van der Waals surface area contributed by atoms with Gasteiger partial charge in [0.2, 0.25) is 0 Å².